The van der Waals surface area contributed by atoms with Crippen molar-refractivity contribution < 1.29 is 10.0 Å². The summed E-state index contributed by atoms with van der Waals surface area (Å²) < 4.78 is 0. The summed E-state index contributed by atoms with van der Waals surface area (Å²) in [5.41, 5.74) is 6.73. The lowest BCUT2D eigenvalue weighted by Gasteiger charge is -2.33. The molecule has 2 rings (SSSR count). The zero-order chi connectivity index (χ0) is 26.8. The second-order valence-corrected chi connectivity index (χ2v) is 11.0. The van der Waals surface area contributed by atoms with Gasteiger partial charge in [-0.15, -0.1) is 0 Å². The molecule has 8 heteroatoms. The van der Waals surface area contributed by atoms with E-state index in [2.05, 4.69) is 62.1 Å². The lowest BCUT2D eigenvalue weighted by Crippen LogP contribution is -2.48. The van der Waals surface area contributed by atoms with Gasteiger partial charge in [-0.05, 0) is 62.6 Å². The smallest absolute Gasteiger partial charge is 0.340 e. The van der Waals surface area contributed by atoms with Gasteiger partial charge in [0.25, 0.3) is 0 Å². The zero-order valence-corrected chi connectivity index (χ0v) is 23.7. The van der Waals surface area contributed by atoms with Crippen molar-refractivity contribution >= 4 is 12.2 Å². The van der Waals surface area contributed by atoms with Crippen LogP contribution in [-0.2, 0) is 0 Å². The first kappa shape index (κ1) is 29.9. The lowest BCUT2D eigenvalue weighted by molar-refractivity contribution is -0.0818. The average molecular weight is 503 g/mol. The first-order chi connectivity index (χ1) is 17.1. The van der Waals surface area contributed by atoms with Crippen LogP contribution in [0.25, 0.3) is 0 Å². The molecule has 1 aliphatic heterocycles. The van der Waals surface area contributed by atoms with Gasteiger partial charge < -0.3 is 16.0 Å². The molecule has 0 aromatic carbocycles. The van der Waals surface area contributed by atoms with E-state index in [1.807, 2.05) is 20.9 Å². The summed E-state index contributed by atoms with van der Waals surface area (Å²) in [6.45, 7) is 15.2. The number of hydrazine groups is 1. The zero-order valence-electron chi connectivity index (χ0n) is 23.7. The van der Waals surface area contributed by atoms with Crippen molar-refractivity contribution in [2.24, 2.45) is 22.7 Å². The summed E-state index contributed by atoms with van der Waals surface area (Å²) in [6.07, 6.45) is 11.1. The van der Waals surface area contributed by atoms with E-state index in [1.54, 1.807) is 6.21 Å². The maximum absolute atomic E-state index is 13.0. The molecule has 2 atom stereocenters. The van der Waals surface area contributed by atoms with Gasteiger partial charge in [0, 0.05) is 24.5 Å². The predicted molar refractivity (Wildman–Crippen MR) is 148 cm³/mol. The molecule has 204 valence electrons. The highest BCUT2D eigenvalue weighted by Crippen LogP contribution is 2.34. The first-order valence-corrected chi connectivity index (χ1v) is 13.7. The topological polar surface area (TPSA) is 101 Å². The predicted octanol–water partition coefficient (Wildman–Crippen LogP) is 5.26. The SMILES string of the molecule is CCC(CCCC1CC1)/N=C\C(=C(C)C)N(O)NC(=O)NC1=C(C(C)C)NC(CNC)C=C1C(C)C. The van der Waals surface area contributed by atoms with E-state index < -0.39 is 6.03 Å². The van der Waals surface area contributed by atoms with Crippen LogP contribution in [0.2, 0.25) is 0 Å². The minimum Gasteiger partial charge on any atom is -0.379 e. The van der Waals surface area contributed by atoms with Crippen LogP contribution in [0.3, 0.4) is 0 Å². The fraction of sp³-hybridized carbons (Fsp3) is 0.714. The van der Waals surface area contributed by atoms with Crippen molar-refractivity contribution in [2.45, 2.75) is 99.1 Å². The van der Waals surface area contributed by atoms with E-state index in [1.165, 1.54) is 25.7 Å². The van der Waals surface area contributed by atoms with Crippen LogP contribution in [0.15, 0.2) is 39.3 Å². The molecule has 1 aliphatic carbocycles. The summed E-state index contributed by atoms with van der Waals surface area (Å²) in [4.78, 5) is 17.7. The van der Waals surface area contributed by atoms with E-state index in [0.717, 1.165) is 53.0 Å². The Hall–Kier alpha value is -2.32. The lowest BCUT2D eigenvalue weighted by atomic mass is 9.90. The Morgan fingerprint density at radius 2 is 1.94 bits per heavy atom. The van der Waals surface area contributed by atoms with E-state index in [4.69, 9.17) is 4.99 Å². The van der Waals surface area contributed by atoms with Gasteiger partial charge in [0.2, 0.25) is 0 Å². The number of aliphatic imine (C=N–C) groups is 1. The number of hydroxylamine groups is 1. The number of carbonyl (C=O) groups is 1. The minimum atomic E-state index is -0.505. The molecule has 2 aliphatic rings. The van der Waals surface area contributed by atoms with Crippen LogP contribution < -0.4 is 21.4 Å². The normalized spacial score (nSPS) is 18.9. The quantitative estimate of drug-likeness (QED) is 0.165. The van der Waals surface area contributed by atoms with Crippen molar-refractivity contribution in [1.29, 1.82) is 0 Å². The van der Waals surface area contributed by atoms with Gasteiger partial charge in [0.05, 0.1) is 11.7 Å². The van der Waals surface area contributed by atoms with E-state index in [0.29, 0.717) is 5.70 Å². The third-order valence-corrected chi connectivity index (χ3v) is 6.82. The van der Waals surface area contributed by atoms with Gasteiger partial charge in [-0.25, -0.2) is 10.2 Å². The van der Waals surface area contributed by atoms with E-state index in [9.17, 15) is 10.0 Å². The first-order valence-electron chi connectivity index (χ1n) is 13.7. The molecule has 2 unspecified atom stereocenters. The Labute approximate surface area is 218 Å². The molecular weight excluding hydrogens is 452 g/mol. The van der Waals surface area contributed by atoms with Gasteiger partial charge in [0.15, 0.2) is 0 Å². The molecule has 0 bridgehead atoms. The van der Waals surface area contributed by atoms with Crippen LogP contribution >= 0.6 is 0 Å². The summed E-state index contributed by atoms with van der Waals surface area (Å²) in [6, 6.07) is -0.136. The molecule has 0 spiro atoms. The standard InChI is InChI=1S/C28H50N6O2/c1-9-22(12-10-11-21-13-14-21)30-17-25(19(4)5)34(36)33-28(35)32-27-24(18(2)3)15-23(16-29-8)31-26(27)20(6)7/h15,17-18,20-23,29,31,36H,9-14,16H2,1-8H3,(H2,32,33,35)/b30-17-. The molecule has 0 aromatic heterocycles. The van der Waals surface area contributed by atoms with Crippen molar-refractivity contribution in [1.82, 2.24) is 26.5 Å². The molecule has 5 N–H and O–H groups in total. The number of hydrogen-bond donors (Lipinski definition) is 5. The van der Waals surface area contributed by atoms with Crippen LogP contribution in [0, 0.1) is 17.8 Å². The van der Waals surface area contributed by atoms with Crippen LogP contribution in [0.1, 0.15) is 87.0 Å². The fourth-order valence-corrected chi connectivity index (χ4v) is 4.48. The number of allylic oxidation sites excluding steroid dienone is 4. The van der Waals surface area contributed by atoms with Crippen LogP contribution in [-0.4, -0.2) is 48.3 Å². The number of nitrogens with zero attached hydrogens (tertiary/aromatic N) is 2. The van der Waals surface area contributed by atoms with Gasteiger partial charge >= 0.3 is 6.03 Å². The number of amides is 2. The number of nitrogens with one attached hydrogen (secondary N) is 4. The minimum absolute atomic E-state index is 0.150. The monoisotopic (exact) mass is 502 g/mol. The Morgan fingerprint density at radius 1 is 1.25 bits per heavy atom. The van der Waals surface area contributed by atoms with E-state index in [-0.39, 0.29) is 23.9 Å². The maximum atomic E-state index is 13.0. The molecule has 0 saturated heterocycles. The number of likely N-dealkylation sites (N-methyl/N-ethyl adjacent to an activating group) is 1. The molecule has 1 saturated carbocycles. The van der Waals surface area contributed by atoms with Crippen molar-refractivity contribution in [3.05, 3.63) is 34.3 Å². The molecule has 0 aromatic rings. The number of urea groups is 1. The Balaban J connectivity index is 2.09. The number of carbonyl (C=O) groups excluding carboxylic acids is 1. The van der Waals surface area contributed by atoms with Gasteiger partial charge in [-0.2, -0.15) is 5.17 Å². The van der Waals surface area contributed by atoms with Crippen molar-refractivity contribution in [3.8, 4) is 0 Å². The summed E-state index contributed by atoms with van der Waals surface area (Å²) in [5, 5.41) is 21.3. The van der Waals surface area contributed by atoms with Crippen molar-refractivity contribution in [3.63, 3.8) is 0 Å². The fourth-order valence-electron chi connectivity index (χ4n) is 4.48. The molecule has 8 nitrogen and oxygen atoms in total. The highest BCUT2D eigenvalue weighted by molar-refractivity contribution is 5.81. The second kappa shape index (κ2) is 14.4. The Morgan fingerprint density at radius 3 is 2.47 bits per heavy atom. The van der Waals surface area contributed by atoms with Gasteiger partial charge in [-0.3, -0.25) is 10.2 Å². The Kier molecular flexibility index (Phi) is 12.0. The number of hydrogen-bond acceptors (Lipinski definition) is 6. The van der Waals surface area contributed by atoms with Crippen LogP contribution in [0.5, 0.6) is 0 Å². The van der Waals surface area contributed by atoms with Gasteiger partial charge in [-0.1, -0.05) is 66.4 Å². The van der Waals surface area contributed by atoms with Crippen LogP contribution in [0.4, 0.5) is 4.79 Å². The number of rotatable bonds is 14. The Bertz CT molecular complexity index is 850. The maximum Gasteiger partial charge on any atom is 0.340 e. The third-order valence-electron chi connectivity index (χ3n) is 6.82. The second-order valence-electron chi connectivity index (χ2n) is 11.0. The molecule has 2 amide bonds. The molecular formula is C28H50N6O2. The van der Waals surface area contributed by atoms with E-state index >= 15 is 0 Å². The van der Waals surface area contributed by atoms with Crippen molar-refractivity contribution in [2.75, 3.05) is 13.6 Å². The number of dihydropyridines is 1. The highest BCUT2D eigenvalue weighted by atomic mass is 16.5. The molecule has 0 radical (unpaired) electrons. The summed E-state index contributed by atoms with van der Waals surface area (Å²) >= 11 is 0. The van der Waals surface area contributed by atoms with Gasteiger partial charge in [0.1, 0.15) is 5.70 Å². The summed E-state index contributed by atoms with van der Waals surface area (Å²) in [5.74, 6) is 1.35. The molecule has 1 heterocycles. The molecule has 1 fully saturated rings. The highest BCUT2D eigenvalue weighted by Gasteiger charge is 2.26. The average Bonchev–Trinajstić information content (AvgIpc) is 3.62. The molecule has 36 heavy (non-hydrogen) atoms. The summed E-state index contributed by atoms with van der Waals surface area (Å²) in [7, 11) is 1.93. The largest absolute Gasteiger partial charge is 0.379 e. The third kappa shape index (κ3) is 9.28.